The quantitative estimate of drug-likeness (QED) is 0.349. The van der Waals surface area contributed by atoms with Gasteiger partial charge in [-0.2, -0.15) is 26.3 Å². The average molecular weight is 688 g/mol. The van der Waals surface area contributed by atoms with E-state index < -0.39 is 68.4 Å². The van der Waals surface area contributed by atoms with Gasteiger partial charge in [0.2, 0.25) is 5.91 Å². The molecule has 1 saturated carbocycles. The largest absolute Gasteiger partial charge is 0.481 e. The molecule has 1 aliphatic carbocycles. The molecule has 0 spiro atoms. The summed E-state index contributed by atoms with van der Waals surface area (Å²) in [7, 11) is -4.42. The Bertz CT molecular complexity index is 1420. The zero-order valence-electron chi connectivity index (χ0n) is 21.7. The van der Waals surface area contributed by atoms with E-state index in [1.54, 1.807) is 0 Å². The highest BCUT2D eigenvalue weighted by molar-refractivity contribution is 9.10. The topological polar surface area (TPSA) is 91.8 Å². The Kier molecular flexibility index (Phi) is 8.53. The van der Waals surface area contributed by atoms with Crippen molar-refractivity contribution in [2.45, 2.75) is 59.8 Å². The van der Waals surface area contributed by atoms with Crippen molar-refractivity contribution in [1.29, 1.82) is 0 Å². The summed E-state index contributed by atoms with van der Waals surface area (Å²) in [5.41, 5.74) is -7.66. The lowest BCUT2D eigenvalue weighted by Crippen LogP contribution is -2.50. The van der Waals surface area contributed by atoms with E-state index in [0.29, 0.717) is 4.47 Å². The maximum Gasteiger partial charge on any atom is 0.435 e. The number of likely N-dealkylation sites (tertiary alicyclic amines) is 1. The molecule has 1 unspecified atom stereocenters. The fourth-order valence-electron chi connectivity index (χ4n) is 5.76. The lowest BCUT2D eigenvalue weighted by atomic mass is 9.81. The van der Waals surface area contributed by atoms with Crippen LogP contribution in [0.15, 0.2) is 57.9 Å². The van der Waals surface area contributed by atoms with E-state index in [1.807, 2.05) is 0 Å². The molecule has 1 aliphatic heterocycles. The molecule has 1 amide bonds. The number of halogens is 8. The summed E-state index contributed by atoms with van der Waals surface area (Å²) >= 11 is 3.19. The molecule has 2 fully saturated rings. The first-order valence-electron chi connectivity index (χ1n) is 12.8. The molecule has 2 aromatic carbocycles. The van der Waals surface area contributed by atoms with E-state index in [2.05, 4.69) is 15.9 Å². The number of carbonyl (C=O) groups is 2. The van der Waals surface area contributed by atoms with Crippen molar-refractivity contribution in [1.82, 2.24) is 4.90 Å². The van der Waals surface area contributed by atoms with Gasteiger partial charge >= 0.3 is 24.0 Å². The van der Waals surface area contributed by atoms with Crippen LogP contribution in [-0.4, -0.2) is 55.7 Å². The number of amides is 1. The van der Waals surface area contributed by atoms with Crippen LogP contribution in [0, 0.1) is 11.8 Å². The van der Waals surface area contributed by atoms with Gasteiger partial charge in [-0.1, -0.05) is 40.2 Å². The molecule has 42 heavy (non-hydrogen) atoms. The molecule has 15 heteroatoms. The van der Waals surface area contributed by atoms with Gasteiger partial charge in [0.1, 0.15) is 4.75 Å². The Balaban J connectivity index is 1.74. The van der Waals surface area contributed by atoms with Gasteiger partial charge in [0, 0.05) is 29.0 Å². The van der Waals surface area contributed by atoms with Gasteiger partial charge in [-0.3, -0.25) is 9.59 Å². The van der Waals surface area contributed by atoms with Crippen molar-refractivity contribution in [3.05, 3.63) is 64.1 Å². The number of carbonyl (C=O) groups excluding carboxylic acids is 1. The van der Waals surface area contributed by atoms with Crippen molar-refractivity contribution in [2.75, 3.05) is 13.1 Å². The monoisotopic (exact) mass is 687 g/mol. The lowest BCUT2D eigenvalue weighted by molar-refractivity contribution is -0.348. The maximum atomic E-state index is 14.7. The van der Waals surface area contributed by atoms with Crippen LogP contribution < -0.4 is 0 Å². The molecule has 2 aromatic rings. The predicted molar refractivity (Wildman–Crippen MR) is 139 cm³/mol. The van der Waals surface area contributed by atoms with Gasteiger partial charge < -0.3 is 10.0 Å². The summed E-state index contributed by atoms with van der Waals surface area (Å²) in [6, 6.07) is 7.41. The molecule has 1 heterocycles. The third kappa shape index (κ3) is 5.42. The maximum absolute atomic E-state index is 14.7. The summed E-state index contributed by atoms with van der Waals surface area (Å²) in [6.45, 7) is -0.547. The van der Waals surface area contributed by atoms with Crippen molar-refractivity contribution in [3.63, 3.8) is 0 Å². The second-order valence-corrected chi connectivity index (χ2v) is 13.8. The SMILES string of the molecule is O=C(O)C1CCC(C(=O)N2CCC(c3ccc(C(F)(C(F)(F)F)C(F)(F)F)cc3)(S(=O)(=O)c3ccc(Br)cc3)C2)CC1. The predicted octanol–water partition coefficient (Wildman–Crippen LogP) is 6.53. The van der Waals surface area contributed by atoms with Crippen LogP contribution >= 0.6 is 15.9 Å². The number of hydrogen-bond acceptors (Lipinski definition) is 4. The molecule has 230 valence electrons. The minimum atomic E-state index is -6.34. The van der Waals surface area contributed by atoms with E-state index in [4.69, 9.17) is 0 Å². The Morgan fingerprint density at radius 2 is 1.33 bits per heavy atom. The average Bonchev–Trinajstić information content (AvgIpc) is 3.39. The molecule has 0 aromatic heterocycles. The van der Waals surface area contributed by atoms with Gasteiger partial charge in [0.25, 0.3) is 0 Å². The van der Waals surface area contributed by atoms with E-state index in [-0.39, 0.29) is 61.2 Å². The number of alkyl halides is 7. The summed E-state index contributed by atoms with van der Waals surface area (Å²) < 4.78 is 121. The number of sulfone groups is 1. The number of benzene rings is 2. The molecular weight excluding hydrogens is 663 g/mol. The fraction of sp³-hybridized carbons (Fsp3) is 0.481. The third-order valence-corrected chi connectivity index (χ3v) is 11.2. The summed E-state index contributed by atoms with van der Waals surface area (Å²) in [5, 5.41) is 9.23. The standard InChI is InChI=1S/C27H25BrF7NO5S/c28-20-9-11-21(12-10-20)42(40,41)24(13-14-36(15-24)22(37)16-1-3-17(4-2-16)23(38)39)18-5-7-19(8-6-18)25(29,26(30,31)32)27(33,34)35/h5-12,16-17H,1-4,13-15H2,(H,38,39). The zero-order chi connectivity index (χ0) is 31.3. The van der Waals surface area contributed by atoms with Crippen molar-refractivity contribution in [3.8, 4) is 0 Å². The number of nitrogens with zero attached hydrogens (tertiary/aromatic N) is 1. The lowest BCUT2D eigenvalue weighted by Gasteiger charge is -2.33. The van der Waals surface area contributed by atoms with Crippen LogP contribution in [0.5, 0.6) is 0 Å². The Labute approximate surface area is 244 Å². The number of carboxylic acids is 1. The number of carboxylic acid groups (broad SMARTS) is 1. The summed E-state index contributed by atoms with van der Waals surface area (Å²) in [4.78, 5) is 25.7. The van der Waals surface area contributed by atoms with Crippen LogP contribution in [-0.2, 0) is 29.8 Å². The van der Waals surface area contributed by atoms with Crippen LogP contribution in [0.1, 0.15) is 43.2 Å². The molecule has 2 aliphatic rings. The molecule has 1 N–H and O–H groups in total. The van der Waals surface area contributed by atoms with Gasteiger partial charge in [-0.15, -0.1) is 0 Å². The highest BCUT2D eigenvalue weighted by Gasteiger charge is 2.73. The Hall–Kier alpha value is -2.68. The second-order valence-electron chi connectivity index (χ2n) is 10.6. The Morgan fingerprint density at radius 1 is 0.833 bits per heavy atom. The first-order chi connectivity index (χ1) is 19.3. The van der Waals surface area contributed by atoms with Gasteiger partial charge in [0.05, 0.1) is 10.8 Å². The first-order valence-corrected chi connectivity index (χ1v) is 15.1. The number of hydrogen-bond donors (Lipinski definition) is 1. The molecule has 1 atom stereocenters. The van der Waals surface area contributed by atoms with E-state index in [0.717, 1.165) is 12.1 Å². The van der Waals surface area contributed by atoms with Crippen LogP contribution in [0.2, 0.25) is 0 Å². The molecule has 0 radical (unpaired) electrons. The second kappa shape index (κ2) is 11.1. The van der Waals surface area contributed by atoms with E-state index >= 15 is 0 Å². The van der Waals surface area contributed by atoms with E-state index in [1.165, 1.54) is 29.2 Å². The highest BCUT2D eigenvalue weighted by atomic mass is 79.9. The Morgan fingerprint density at radius 3 is 1.81 bits per heavy atom. The van der Waals surface area contributed by atoms with Crippen LogP contribution in [0.4, 0.5) is 30.7 Å². The van der Waals surface area contributed by atoms with Crippen molar-refractivity contribution < 1.29 is 53.8 Å². The van der Waals surface area contributed by atoms with Crippen LogP contribution in [0.25, 0.3) is 0 Å². The van der Waals surface area contributed by atoms with Gasteiger partial charge in [-0.05, 0) is 61.9 Å². The van der Waals surface area contributed by atoms with E-state index in [9.17, 15) is 53.8 Å². The molecule has 1 saturated heterocycles. The molecule has 6 nitrogen and oxygen atoms in total. The van der Waals surface area contributed by atoms with Gasteiger partial charge in [-0.25, -0.2) is 12.8 Å². The molecule has 0 bridgehead atoms. The van der Waals surface area contributed by atoms with Crippen molar-refractivity contribution in [2.24, 2.45) is 11.8 Å². The van der Waals surface area contributed by atoms with Crippen molar-refractivity contribution >= 4 is 37.6 Å². The zero-order valence-corrected chi connectivity index (χ0v) is 24.1. The number of rotatable bonds is 6. The highest BCUT2D eigenvalue weighted by Crippen LogP contribution is 2.54. The summed E-state index contributed by atoms with van der Waals surface area (Å²) in [6.07, 6.45) is -11.9. The first kappa shape index (κ1) is 32.2. The number of aliphatic carboxylic acids is 1. The molecule has 4 rings (SSSR count). The minimum absolute atomic E-state index is 0.0899. The normalized spacial score (nSPS) is 24.0. The van der Waals surface area contributed by atoms with Gasteiger partial charge in [0.15, 0.2) is 9.84 Å². The molecular formula is C27H25BrF7NO5S. The third-order valence-electron chi connectivity index (χ3n) is 8.20. The summed E-state index contributed by atoms with van der Waals surface area (Å²) in [5.74, 6) is -2.56. The van der Waals surface area contributed by atoms with Crippen LogP contribution in [0.3, 0.4) is 0 Å². The smallest absolute Gasteiger partial charge is 0.435 e. The minimum Gasteiger partial charge on any atom is -0.481 e. The fourth-order valence-corrected chi connectivity index (χ4v) is 8.10.